The predicted octanol–water partition coefficient (Wildman–Crippen LogP) is 5.31. The first-order valence-corrected chi connectivity index (χ1v) is 9.74. The Morgan fingerprint density at radius 1 is 1.17 bits per heavy atom. The molecule has 24 heavy (non-hydrogen) atoms. The molecule has 3 nitrogen and oxygen atoms in total. The Balaban J connectivity index is 2.10. The fraction of sp³-hybridized carbons (Fsp3) is 0.278. The highest BCUT2D eigenvalue weighted by atomic mass is 35.5. The van der Waals surface area contributed by atoms with Crippen molar-refractivity contribution in [2.24, 2.45) is 0 Å². The van der Waals surface area contributed by atoms with Gasteiger partial charge in [-0.15, -0.1) is 0 Å². The van der Waals surface area contributed by atoms with Crippen molar-refractivity contribution >= 4 is 33.0 Å². The van der Waals surface area contributed by atoms with Crippen LogP contribution in [0.3, 0.4) is 0 Å². The van der Waals surface area contributed by atoms with Gasteiger partial charge in [-0.1, -0.05) is 51.8 Å². The van der Waals surface area contributed by atoms with Crippen LogP contribution in [0.4, 0.5) is 0 Å². The lowest BCUT2D eigenvalue weighted by Gasteiger charge is -2.36. The van der Waals surface area contributed by atoms with E-state index in [4.69, 9.17) is 29.8 Å². The molecule has 2 aromatic rings. The summed E-state index contributed by atoms with van der Waals surface area (Å²) < 4.78 is 26.4. The fourth-order valence-electron chi connectivity index (χ4n) is 3.19. The van der Waals surface area contributed by atoms with Crippen LogP contribution in [0.5, 0.6) is 0 Å². The van der Waals surface area contributed by atoms with E-state index in [0.717, 1.165) is 5.56 Å². The first-order valence-electron chi connectivity index (χ1n) is 7.50. The highest BCUT2D eigenvalue weighted by molar-refractivity contribution is 7.93. The van der Waals surface area contributed by atoms with Crippen LogP contribution in [-0.4, -0.2) is 13.3 Å². The van der Waals surface area contributed by atoms with Crippen molar-refractivity contribution in [1.29, 1.82) is 0 Å². The maximum Gasteiger partial charge on any atom is 0.387 e. The molecule has 3 rings (SSSR count). The van der Waals surface area contributed by atoms with Gasteiger partial charge in [0.1, 0.15) is 0 Å². The van der Waals surface area contributed by atoms with Crippen molar-refractivity contribution in [3.8, 4) is 6.57 Å². The largest absolute Gasteiger partial charge is 0.387 e. The lowest BCUT2D eigenvalue weighted by molar-refractivity contribution is 0.332. The van der Waals surface area contributed by atoms with E-state index in [9.17, 15) is 8.42 Å². The Morgan fingerprint density at radius 3 is 2.33 bits per heavy atom. The second-order valence-corrected chi connectivity index (χ2v) is 9.08. The third-order valence-corrected chi connectivity index (χ3v) is 7.67. The van der Waals surface area contributed by atoms with Gasteiger partial charge in [-0.25, -0.2) is 8.42 Å². The number of halogens is 2. The van der Waals surface area contributed by atoms with Gasteiger partial charge in [0, 0.05) is 16.5 Å². The van der Waals surface area contributed by atoms with E-state index in [-0.39, 0.29) is 4.90 Å². The van der Waals surface area contributed by atoms with E-state index < -0.39 is 20.6 Å². The van der Waals surface area contributed by atoms with Crippen molar-refractivity contribution < 1.29 is 8.42 Å². The highest BCUT2D eigenvalue weighted by Crippen LogP contribution is 2.55. The van der Waals surface area contributed by atoms with Gasteiger partial charge in [-0.05, 0) is 43.2 Å². The van der Waals surface area contributed by atoms with Crippen LogP contribution in [0.1, 0.15) is 29.9 Å². The second-order valence-electron chi connectivity index (χ2n) is 6.05. The molecule has 0 spiro atoms. The molecule has 0 heterocycles. The first-order chi connectivity index (χ1) is 11.3. The number of benzene rings is 2. The van der Waals surface area contributed by atoms with Crippen molar-refractivity contribution in [3.05, 3.63) is 68.5 Å². The van der Waals surface area contributed by atoms with Gasteiger partial charge in [-0.3, -0.25) is 0 Å². The Kier molecular flexibility index (Phi) is 4.37. The monoisotopic (exact) mass is 380 g/mol. The molecule has 6 heteroatoms. The molecule has 124 valence electrons. The van der Waals surface area contributed by atoms with Gasteiger partial charge < -0.3 is 0 Å². The number of sulfone groups is 1. The molecule has 0 aliphatic heterocycles. The highest BCUT2D eigenvalue weighted by Gasteiger charge is 2.68. The van der Waals surface area contributed by atoms with Crippen LogP contribution in [0.15, 0.2) is 47.4 Å². The molecule has 2 unspecified atom stereocenters. The SMILES string of the molecule is C#[N+]C1(S(=O)(=O)c2ccc(C)cc2)CCC1c1ccc(Cl)cc1Cl. The number of aryl methyl sites for hydroxylation is 1. The molecule has 1 aliphatic rings. The number of rotatable bonds is 3. The Labute approximate surface area is 152 Å². The third kappa shape index (κ3) is 2.52. The minimum absolute atomic E-state index is 0.220. The van der Waals surface area contributed by atoms with E-state index in [1.165, 1.54) is 0 Å². The predicted molar refractivity (Wildman–Crippen MR) is 97.8 cm³/mol. The Bertz CT molecular complexity index is 932. The minimum Gasteiger partial charge on any atom is -0.215 e. The fourth-order valence-corrected chi connectivity index (χ4v) is 5.77. The average Bonchev–Trinajstić information content (AvgIpc) is 2.50. The number of nitrogens with zero attached hydrogens (tertiary/aromatic N) is 1. The zero-order valence-electron chi connectivity index (χ0n) is 13.0. The van der Waals surface area contributed by atoms with Crippen molar-refractivity contribution in [1.82, 2.24) is 0 Å². The van der Waals surface area contributed by atoms with Crippen LogP contribution < -0.4 is 0 Å². The van der Waals surface area contributed by atoms with E-state index >= 15 is 0 Å². The lowest BCUT2D eigenvalue weighted by atomic mass is 9.74. The molecular weight excluding hydrogens is 365 g/mol. The molecule has 0 bridgehead atoms. The summed E-state index contributed by atoms with van der Waals surface area (Å²) in [6.07, 6.45) is 1.01. The van der Waals surface area contributed by atoms with Crippen LogP contribution in [0.25, 0.3) is 4.85 Å². The van der Waals surface area contributed by atoms with Gasteiger partial charge in [-0.2, -0.15) is 0 Å². The maximum atomic E-state index is 13.2. The lowest BCUT2D eigenvalue weighted by Crippen LogP contribution is -2.49. The summed E-state index contributed by atoms with van der Waals surface area (Å²) in [5.41, 5.74) is 1.69. The van der Waals surface area contributed by atoms with Crippen LogP contribution in [-0.2, 0) is 9.84 Å². The third-order valence-electron chi connectivity index (χ3n) is 4.69. The molecule has 0 saturated heterocycles. The molecule has 2 atom stereocenters. The summed E-state index contributed by atoms with van der Waals surface area (Å²) in [5.74, 6) is -0.390. The molecule has 0 aromatic heterocycles. The van der Waals surface area contributed by atoms with E-state index in [1.807, 2.05) is 6.92 Å². The summed E-state index contributed by atoms with van der Waals surface area (Å²) >= 11 is 12.2. The number of hydrogen-bond acceptors (Lipinski definition) is 2. The smallest absolute Gasteiger partial charge is 0.215 e. The molecular formula is C18H16Cl2NO2S+. The molecule has 0 radical (unpaired) electrons. The van der Waals surface area contributed by atoms with Gasteiger partial charge in [0.15, 0.2) is 0 Å². The number of hydrogen-bond donors (Lipinski definition) is 0. The maximum absolute atomic E-state index is 13.2. The van der Waals surface area contributed by atoms with Crippen molar-refractivity contribution in [2.75, 3.05) is 0 Å². The molecule has 1 saturated carbocycles. The van der Waals surface area contributed by atoms with E-state index in [2.05, 4.69) is 4.85 Å². The van der Waals surface area contributed by atoms with Crippen LogP contribution in [0, 0.1) is 13.5 Å². The molecule has 0 amide bonds. The van der Waals surface area contributed by atoms with Gasteiger partial charge in [0.2, 0.25) is 0 Å². The summed E-state index contributed by atoms with van der Waals surface area (Å²) in [6, 6.07) is 11.8. The zero-order chi connectivity index (χ0) is 17.5. The molecule has 1 fully saturated rings. The molecule has 2 aromatic carbocycles. The minimum atomic E-state index is -3.74. The summed E-state index contributed by atoms with van der Waals surface area (Å²) in [4.78, 5) is 2.67. The molecule has 1 aliphatic carbocycles. The quantitative estimate of drug-likeness (QED) is 0.723. The van der Waals surface area contributed by atoms with Crippen LogP contribution >= 0.6 is 23.2 Å². The molecule has 0 N–H and O–H groups in total. The van der Waals surface area contributed by atoms with Gasteiger partial charge in [0.05, 0.1) is 10.8 Å². The standard InChI is InChI=1S/C18H16Cl2NO2S/c1-12-3-6-14(7-4-12)24(22,23)18(21-2)10-9-16(18)15-8-5-13(19)11-17(15)20/h2-8,11,16H,9-10H2,1H3/q+1. The zero-order valence-corrected chi connectivity index (χ0v) is 15.4. The normalized spacial score (nSPS) is 23.3. The van der Waals surface area contributed by atoms with Gasteiger partial charge >= 0.3 is 4.87 Å². The summed E-state index contributed by atoms with van der Waals surface area (Å²) in [5, 5.41) is 0.930. The van der Waals surface area contributed by atoms with Crippen molar-refractivity contribution in [2.45, 2.75) is 35.4 Å². The summed E-state index contributed by atoms with van der Waals surface area (Å²) in [7, 11) is -3.74. The van der Waals surface area contributed by atoms with Crippen LogP contribution in [0.2, 0.25) is 10.0 Å². The Morgan fingerprint density at radius 2 is 1.83 bits per heavy atom. The van der Waals surface area contributed by atoms with E-state index in [0.29, 0.717) is 28.5 Å². The topological polar surface area (TPSA) is 38.5 Å². The average molecular weight is 381 g/mol. The van der Waals surface area contributed by atoms with Gasteiger partial charge in [0.25, 0.3) is 16.4 Å². The first kappa shape index (κ1) is 17.3. The Hall–Kier alpha value is -1.54. The van der Waals surface area contributed by atoms with E-state index in [1.54, 1.807) is 42.5 Å². The van der Waals surface area contributed by atoms with Crippen molar-refractivity contribution in [3.63, 3.8) is 0 Å². The second kappa shape index (κ2) is 6.07. The summed E-state index contributed by atoms with van der Waals surface area (Å²) in [6.45, 7) is 7.51.